The quantitative estimate of drug-likeness (QED) is 0.696. The number of rotatable bonds is 9. The number of hydrogen-bond donors (Lipinski definition) is 1. The van der Waals surface area contributed by atoms with Crippen molar-refractivity contribution in [2.45, 2.75) is 44.2 Å². The standard InChI is InChI=1S/C22H30N2O/c1-4-8-21(23-17-22(15-16-22)24(2)3)18-11-13-20(14-12-18)25-19-9-6-5-7-10-19/h5-7,9-14,21,23H,4,8,15-17H2,1-3H3. The number of hydrogen-bond acceptors (Lipinski definition) is 3. The summed E-state index contributed by atoms with van der Waals surface area (Å²) in [5.41, 5.74) is 1.72. The minimum absolute atomic E-state index is 0.377. The molecule has 3 rings (SSSR count). The van der Waals surface area contributed by atoms with Gasteiger partial charge < -0.3 is 15.0 Å². The first kappa shape index (κ1) is 18.0. The Bertz CT molecular complexity index is 647. The molecule has 0 heterocycles. The Hall–Kier alpha value is -1.84. The van der Waals surface area contributed by atoms with Gasteiger partial charge in [0.25, 0.3) is 0 Å². The van der Waals surface area contributed by atoms with Gasteiger partial charge in [-0.05, 0) is 63.2 Å². The fraction of sp³-hybridized carbons (Fsp3) is 0.455. The third-order valence-electron chi connectivity index (χ3n) is 5.29. The molecule has 3 nitrogen and oxygen atoms in total. The highest BCUT2D eigenvalue weighted by molar-refractivity contribution is 5.34. The molecule has 2 aromatic carbocycles. The van der Waals surface area contributed by atoms with Crippen LogP contribution < -0.4 is 10.1 Å². The number of nitrogens with one attached hydrogen (secondary N) is 1. The maximum Gasteiger partial charge on any atom is 0.127 e. The molecule has 25 heavy (non-hydrogen) atoms. The van der Waals surface area contributed by atoms with Gasteiger partial charge in [-0.15, -0.1) is 0 Å². The van der Waals surface area contributed by atoms with E-state index in [9.17, 15) is 0 Å². The molecule has 1 aliphatic carbocycles. The van der Waals surface area contributed by atoms with Crippen LogP contribution in [-0.4, -0.2) is 31.1 Å². The van der Waals surface area contributed by atoms with E-state index in [4.69, 9.17) is 4.74 Å². The normalized spacial score (nSPS) is 16.6. The van der Waals surface area contributed by atoms with Crippen LogP contribution in [-0.2, 0) is 0 Å². The molecule has 2 aromatic rings. The summed E-state index contributed by atoms with van der Waals surface area (Å²) in [4.78, 5) is 2.37. The van der Waals surface area contributed by atoms with Crippen molar-refractivity contribution in [3.63, 3.8) is 0 Å². The van der Waals surface area contributed by atoms with E-state index in [0.29, 0.717) is 11.6 Å². The third-order valence-corrected chi connectivity index (χ3v) is 5.29. The first-order chi connectivity index (χ1) is 12.1. The molecule has 134 valence electrons. The van der Waals surface area contributed by atoms with Crippen molar-refractivity contribution in [2.75, 3.05) is 20.6 Å². The summed E-state index contributed by atoms with van der Waals surface area (Å²) in [5, 5.41) is 3.81. The van der Waals surface area contributed by atoms with Crippen LogP contribution in [0.25, 0.3) is 0 Å². The maximum absolute atomic E-state index is 5.90. The van der Waals surface area contributed by atoms with E-state index in [1.807, 2.05) is 30.3 Å². The summed E-state index contributed by atoms with van der Waals surface area (Å²) in [6.45, 7) is 3.31. The van der Waals surface area contributed by atoms with Gasteiger partial charge >= 0.3 is 0 Å². The summed E-state index contributed by atoms with van der Waals surface area (Å²) in [6.07, 6.45) is 4.93. The topological polar surface area (TPSA) is 24.5 Å². The van der Waals surface area contributed by atoms with Crippen molar-refractivity contribution in [3.05, 3.63) is 60.2 Å². The molecule has 0 bridgehead atoms. The number of benzene rings is 2. The summed E-state index contributed by atoms with van der Waals surface area (Å²) < 4.78 is 5.90. The van der Waals surface area contributed by atoms with Gasteiger partial charge in [0.05, 0.1) is 0 Å². The third kappa shape index (κ3) is 4.62. The molecular weight excluding hydrogens is 308 g/mol. The summed E-state index contributed by atoms with van der Waals surface area (Å²) in [6, 6.07) is 18.9. The van der Waals surface area contributed by atoms with E-state index >= 15 is 0 Å². The fourth-order valence-electron chi connectivity index (χ4n) is 3.31. The molecule has 0 radical (unpaired) electrons. The minimum atomic E-state index is 0.377. The average Bonchev–Trinajstić information content (AvgIpc) is 3.42. The molecule has 1 atom stereocenters. The molecular formula is C22H30N2O. The zero-order valence-corrected chi connectivity index (χ0v) is 15.7. The number of para-hydroxylation sites is 1. The van der Waals surface area contributed by atoms with Gasteiger partial charge in [0, 0.05) is 18.1 Å². The summed E-state index contributed by atoms with van der Waals surface area (Å²) in [5.74, 6) is 1.76. The van der Waals surface area contributed by atoms with Crippen LogP contribution in [0.3, 0.4) is 0 Å². The van der Waals surface area contributed by atoms with Crippen LogP contribution in [0.5, 0.6) is 11.5 Å². The SMILES string of the molecule is CCCC(NCC1(N(C)C)CC1)c1ccc(Oc2ccccc2)cc1. The van der Waals surface area contributed by atoms with Crippen molar-refractivity contribution in [2.24, 2.45) is 0 Å². The molecule has 1 fully saturated rings. The lowest BCUT2D eigenvalue weighted by molar-refractivity contribution is 0.251. The molecule has 1 unspecified atom stereocenters. The number of likely N-dealkylation sites (N-methyl/N-ethyl adjacent to an activating group) is 1. The zero-order chi connectivity index (χ0) is 17.7. The molecule has 0 aromatic heterocycles. The lowest BCUT2D eigenvalue weighted by atomic mass is 10.0. The van der Waals surface area contributed by atoms with Crippen molar-refractivity contribution < 1.29 is 4.74 Å². The second kappa shape index (κ2) is 8.03. The van der Waals surface area contributed by atoms with Crippen molar-refractivity contribution in [3.8, 4) is 11.5 Å². The van der Waals surface area contributed by atoms with E-state index < -0.39 is 0 Å². The first-order valence-corrected chi connectivity index (χ1v) is 9.37. The van der Waals surface area contributed by atoms with Gasteiger partial charge in [0.1, 0.15) is 11.5 Å². The average molecular weight is 338 g/mol. The van der Waals surface area contributed by atoms with Crippen LogP contribution >= 0.6 is 0 Å². The Morgan fingerprint density at radius 2 is 1.64 bits per heavy atom. The largest absolute Gasteiger partial charge is 0.457 e. The van der Waals surface area contributed by atoms with Crippen LogP contribution in [0, 0.1) is 0 Å². The van der Waals surface area contributed by atoms with Crippen LogP contribution in [0.15, 0.2) is 54.6 Å². The summed E-state index contributed by atoms with van der Waals surface area (Å²) in [7, 11) is 4.39. The Kier molecular flexibility index (Phi) is 5.77. The first-order valence-electron chi connectivity index (χ1n) is 9.37. The van der Waals surface area contributed by atoms with Gasteiger partial charge in [-0.3, -0.25) is 0 Å². The molecule has 1 saturated carbocycles. The molecule has 0 spiro atoms. The van der Waals surface area contributed by atoms with Gasteiger partial charge in [-0.25, -0.2) is 0 Å². The zero-order valence-electron chi connectivity index (χ0n) is 15.7. The highest BCUT2D eigenvalue weighted by Gasteiger charge is 2.44. The molecule has 3 heteroatoms. The Morgan fingerprint density at radius 3 is 2.20 bits per heavy atom. The Morgan fingerprint density at radius 1 is 1.00 bits per heavy atom. The molecule has 1 N–H and O–H groups in total. The predicted molar refractivity (Wildman–Crippen MR) is 104 cm³/mol. The molecule has 1 aliphatic rings. The summed E-state index contributed by atoms with van der Waals surface area (Å²) >= 11 is 0. The van der Waals surface area contributed by atoms with E-state index in [2.05, 4.69) is 55.5 Å². The van der Waals surface area contributed by atoms with E-state index in [1.165, 1.54) is 24.8 Å². The van der Waals surface area contributed by atoms with Crippen molar-refractivity contribution >= 4 is 0 Å². The van der Waals surface area contributed by atoms with Crippen LogP contribution in [0.1, 0.15) is 44.2 Å². The lowest BCUT2D eigenvalue weighted by Crippen LogP contribution is -2.41. The van der Waals surface area contributed by atoms with Crippen LogP contribution in [0.4, 0.5) is 0 Å². The number of ether oxygens (including phenoxy) is 1. The van der Waals surface area contributed by atoms with Gasteiger partial charge in [0.15, 0.2) is 0 Å². The van der Waals surface area contributed by atoms with Gasteiger partial charge in [0.2, 0.25) is 0 Å². The van der Waals surface area contributed by atoms with Crippen molar-refractivity contribution in [1.82, 2.24) is 10.2 Å². The highest BCUT2D eigenvalue weighted by Crippen LogP contribution is 2.40. The number of nitrogens with zero attached hydrogens (tertiary/aromatic N) is 1. The van der Waals surface area contributed by atoms with Gasteiger partial charge in [-0.2, -0.15) is 0 Å². The Labute approximate surface area is 152 Å². The predicted octanol–water partition coefficient (Wildman–Crippen LogP) is 5.00. The monoisotopic (exact) mass is 338 g/mol. The minimum Gasteiger partial charge on any atom is -0.457 e. The fourth-order valence-corrected chi connectivity index (χ4v) is 3.31. The highest BCUT2D eigenvalue weighted by atomic mass is 16.5. The Balaban J connectivity index is 1.63. The van der Waals surface area contributed by atoms with Gasteiger partial charge in [-0.1, -0.05) is 43.7 Å². The molecule has 0 saturated heterocycles. The molecule has 0 amide bonds. The van der Waals surface area contributed by atoms with Crippen LogP contribution in [0.2, 0.25) is 0 Å². The smallest absolute Gasteiger partial charge is 0.127 e. The molecule has 0 aliphatic heterocycles. The van der Waals surface area contributed by atoms with Crippen molar-refractivity contribution in [1.29, 1.82) is 0 Å². The second-order valence-corrected chi connectivity index (χ2v) is 7.33. The second-order valence-electron chi connectivity index (χ2n) is 7.33. The maximum atomic E-state index is 5.90. The van der Waals surface area contributed by atoms with E-state index in [1.54, 1.807) is 0 Å². The lowest BCUT2D eigenvalue weighted by Gasteiger charge is -2.27. The van der Waals surface area contributed by atoms with E-state index in [0.717, 1.165) is 24.5 Å². The van der Waals surface area contributed by atoms with E-state index in [-0.39, 0.29) is 0 Å².